The Morgan fingerprint density at radius 2 is 2.11 bits per heavy atom. The number of carbonyl (C=O) groups excluding carboxylic acids is 1. The molecule has 0 heterocycles. The van der Waals surface area contributed by atoms with Gasteiger partial charge in [-0.1, -0.05) is 6.07 Å². The molecule has 1 aromatic carbocycles. The van der Waals surface area contributed by atoms with Crippen LogP contribution in [0.3, 0.4) is 0 Å². The first-order valence-corrected chi connectivity index (χ1v) is 7.36. The second-order valence-corrected chi connectivity index (χ2v) is 5.14. The first-order chi connectivity index (χ1) is 9.12. The van der Waals surface area contributed by atoms with Gasteiger partial charge in [-0.25, -0.2) is 0 Å². The Kier molecular flexibility index (Phi) is 6.87. The number of benzene rings is 1. The fourth-order valence-corrected chi connectivity index (χ4v) is 2.59. The highest BCUT2D eigenvalue weighted by Gasteiger charge is 2.12. The number of likely N-dealkylation sites (N-methyl/N-ethyl adjacent to an activating group) is 2. The molecule has 4 nitrogen and oxygen atoms in total. The van der Waals surface area contributed by atoms with Gasteiger partial charge in [-0.3, -0.25) is 4.79 Å². The van der Waals surface area contributed by atoms with Crippen molar-refractivity contribution in [3.63, 3.8) is 0 Å². The lowest BCUT2D eigenvalue weighted by molar-refractivity contribution is -0.119. The summed E-state index contributed by atoms with van der Waals surface area (Å²) in [6.07, 6.45) is 0. The lowest BCUT2D eigenvalue weighted by atomic mass is 10.2. The number of rotatable bonds is 7. The van der Waals surface area contributed by atoms with Gasteiger partial charge in [-0.2, -0.15) is 0 Å². The summed E-state index contributed by atoms with van der Waals surface area (Å²) in [5, 5.41) is 5.95. The SMILES string of the molecule is CCNC(=O)CN(CC)c1ccc(CNC)cc1Br. The van der Waals surface area contributed by atoms with Gasteiger partial charge < -0.3 is 15.5 Å². The maximum Gasteiger partial charge on any atom is 0.239 e. The molecule has 1 amide bonds. The van der Waals surface area contributed by atoms with E-state index >= 15 is 0 Å². The standard InChI is InChI=1S/C14H22BrN3O/c1-4-17-14(19)10-18(5-2)13-7-6-11(9-16-3)8-12(13)15/h6-8,16H,4-5,9-10H2,1-3H3,(H,17,19). The quantitative estimate of drug-likeness (QED) is 0.806. The maximum absolute atomic E-state index is 11.7. The van der Waals surface area contributed by atoms with Crippen molar-refractivity contribution in [2.45, 2.75) is 20.4 Å². The second-order valence-electron chi connectivity index (χ2n) is 4.28. The second kappa shape index (κ2) is 8.17. The van der Waals surface area contributed by atoms with Crippen LogP contribution in [0.4, 0.5) is 5.69 Å². The predicted octanol–water partition coefficient (Wildman–Crippen LogP) is 2.13. The Labute approximate surface area is 123 Å². The fraction of sp³-hybridized carbons (Fsp3) is 0.500. The van der Waals surface area contributed by atoms with E-state index in [2.05, 4.69) is 49.7 Å². The van der Waals surface area contributed by atoms with E-state index in [4.69, 9.17) is 0 Å². The molecule has 0 bridgehead atoms. The number of amides is 1. The summed E-state index contributed by atoms with van der Waals surface area (Å²) in [4.78, 5) is 13.7. The van der Waals surface area contributed by atoms with E-state index in [1.54, 1.807) is 0 Å². The number of carbonyl (C=O) groups is 1. The highest BCUT2D eigenvalue weighted by atomic mass is 79.9. The lowest BCUT2D eigenvalue weighted by Crippen LogP contribution is -2.37. The minimum absolute atomic E-state index is 0.0514. The van der Waals surface area contributed by atoms with Crippen molar-refractivity contribution in [2.75, 3.05) is 31.6 Å². The molecule has 106 valence electrons. The van der Waals surface area contributed by atoms with Gasteiger partial charge in [-0.15, -0.1) is 0 Å². The van der Waals surface area contributed by atoms with E-state index in [1.807, 2.05) is 20.9 Å². The van der Waals surface area contributed by atoms with Crippen LogP contribution in [0, 0.1) is 0 Å². The summed E-state index contributed by atoms with van der Waals surface area (Å²) in [5.74, 6) is 0.0514. The molecule has 0 spiro atoms. The van der Waals surface area contributed by atoms with Crippen molar-refractivity contribution in [1.29, 1.82) is 0 Å². The molecule has 19 heavy (non-hydrogen) atoms. The Morgan fingerprint density at radius 3 is 2.63 bits per heavy atom. The van der Waals surface area contributed by atoms with E-state index in [9.17, 15) is 4.79 Å². The van der Waals surface area contributed by atoms with Crippen molar-refractivity contribution >= 4 is 27.5 Å². The smallest absolute Gasteiger partial charge is 0.239 e. The van der Waals surface area contributed by atoms with Crippen molar-refractivity contribution in [1.82, 2.24) is 10.6 Å². The first kappa shape index (κ1) is 16.0. The highest BCUT2D eigenvalue weighted by molar-refractivity contribution is 9.10. The number of nitrogens with zero attached hydrogens (tertiary/aromatic N) is 1. The molecule has 5 heteroatoms. The third kappa shape index (κ3) is 4.84. The molecule has 0 saturated heterocycles. The summed E-state index contributed by atoms with van der Waals surface area (Å²) >= 11 is 3.59. The fourth-order valence-electron chi connectivity index (χ4n) is 1.91. The van der Waals surface area contributed by atoms with Gasteiger partial charge in [0, 0.05) is 24.1 Å². The molecule has 0 fully saturated rings. The van der Waals surface area contributed by atoms with Crippen molar-refractivity contribution < 1.29 is 4.79 Å². The summed E-state index contributed by atoms with van der Waals surface area (Å²) in [5.41, 5.74) is 2.26. The molecule has 0 unspecified atom stereocenters. The largest absolute Gasteiger partial charge is 0.362 e. The zero-order valence-corrected chi connectivity index (χ0v) is 13.4. The monoisotopic (exact) mass is 327 g/mol. The van der Waals surface area contributed by atoms with Crippen molar-refractivity contribution in [2.24, 2.45) is 0 Å². The molecular formula is C14H22BrN3O. The number of hydrogen-bond donors (Lipinski definition) is 2. The molecule has 0 aliphatic carbocycles. The van der Waals surface area contributed by atoms with Gasteiger partial charge in [0.1, 0.15) is 0 Å². The topological polar surface area (TPSA) is 44.4 Å². The van der Waals surface area contributed by atoms with Crippen LogP contribution in [0.5, 0.6) is 0 Å². The normalized spacial score (nSPS) is 10.3. The van der Waals surface area contributed by atoms with Crippen LogP contribution in [0.15, 0.2) is 22.7 Å². The number of anilines is 1. The van der Waals surface area contributed by atoms with Gasteiger partial charge in [-0.05, 0) is 54.5 Å². The molecule has 0 saturated carbocycles. The average molecular weight is 328 g/mol. The van der Waals surface area contributed by atoms with E-state index in [1.165, 1.54) is 5.56 Å². The Morgan fingerprint density at radius 1 is 1.37 bits per heavy atom. The van der Waals surface area contributed by atoms with Crippen LogP contribution in [-0.2, 0) is 11.3 Å². The third-order valence-corrected chi connectivity index (χ3v) is 3.46. The van der Waals surface area contributed by atoms with Crippen LogP contribution in [0.1, 0.15) is 19.4 Å². The minimum Gasteiger partial charge on any atom is -0.362 e. The molecule has 1 aromatic rings. The number of halogens is 1. The van der Waals surface area contributed by atoms with Gasteiger partial charge in [0.05, 0.1) is 12.2 Å². The third-order valence-electron chi connectivity index (χ3n) is 2.82. The number of hydrogen-bond acceptors (Lipinski definition) is 3. The van der Waals surface area contributed by atoms with E-state index in [-0.39, 0.29) is 5.91 Å². The minimum atomic E-state index is 0.0514. The Hall–Kier alpha value is -1.07. The Bertz CT molecular complexity index is 423. The molecule has 0 atom stereocenters. The summed E-state index contributed by atoms with van der Waals surface area (Å²) in [7, 11) is 1.93. The van der Waals surface area contributed by atoms with Crippen LogP contribution < -0.4 is 15.5 Å². The lowest BCUT2D eigenvalue weighted by Gasteiger charge is -2.24. The van der Waals surface area contributed by atoms with Gasteiger partial charge in [0.2, 0.25) is 5.91 Å². The van der Waals surface area contributed by atoms with Crippen molar-refractivity contribution in [3.05, 3.63) is 28.2 Å². The molecule has 0 radical (unpaired) electrons. The maximum atomic E-state index is 11.7. The molecule has 0 aliphatic heterocycles. The molecule has 2 N–H and O–H groups in total. The van der Waals surface area contributed by atoms with Gasteiger partial charge in [0.25, 0.3) is 0 Å². The van der Waals surface area contributed by atoms with Crippen LogP contribution >= 0.6 is 15.9 Å². The van der Waals surface area contributed by atoms with Gasteiger partial charge in [0.15, 0.2) is 0 Å². The van der Waals surface area contributed by atoms with Crippen LogP contribution in [0.25, 0.3) is 0 Å². The molecule has 1 rings (SSSR count). The van der Waals surface area contributed by atoms with Crippen LogP contribution in [0.2, 0.25) is 0 Å². The average Bonchev–Trinajstić information content (AvgIpc) is 2.37. The molecular weight excluding hydrogens is 306 g/mol. The molecule has 0 aromatic heterocycles. The van der Waals surface area contributed by atoms with E-state index in [0.29, 0.717) is 13.1 Å². The Balaban J connectivity index is 2.83. The zero-order valence-electron chi connectivity index (χ0n) is 11.8. The first-order valence-electron chi connectivity index (χ1n) is 6.57. The highest BCUT2D eigenvalue weighted by Crippen LogP contribution is 2.27. The zero-order chi connectivity index (χ0) is 14.3. The van der Waals surface area contributed by atoms with E-state index in [0.717, 1.165) is 23.2 Å². The van der Waals surface area contributed by atoms with Crippen LogP contribution in [-0.4, -0.2) is 32.6 Å². The van der Waals surface area contributed by atoms with Crippen molar-refractivity contribution in [3.8, 4) is 0 Å². The molecule has 0 aliphatic rings. The summed E-state index contributed by atoms with van der Waals surface area (Å²) < 4.78 is 1.02. The number of nitrogens with one attached hydrogen (secondary N) is 2. The summed E-state index contributed by atoms with van der Waals surface area (Å²) in [6.45, 7) is 6.65. The van der Waals surface area contributed by atoms with Gasteiger partial charge >= 0.3 is 0 Å². The predicted molar refractivity (Wildman–Crippen MR) is 83.5 cm³/mol. The van der Waals surface area contributed by atoms with E-state index < -0.39 is 0 Å². The summed E-state index contributed by atoms with van der Waals surface area (Å²) in [6, 6.07) is 6.22.